The number of rotatable bonds is 2. The molecule has 2 atom stereocenters. The van der Waals surface area contributed by atoms with Crippen molar-refractivity contribution in [3.8, 4) is 0 Å². The predicted molar refractivity (Wildman–Crippen MR) is 51.6 cm³/mol. The van der Waals surface area contributed by atoms with Crippen LogP contribution in [0.1, 0.15) is 19.3 Å². The van der Waals surface area contributed by atoms with Crippen LogP contribution in [0, 0.1) is 0 Å². The molecule has 1 aliphatic rings. The van der Waals surface area contributed by atoms with Crippen molar-refractivity contribution >= 4 is 11.8 Å². The van der Waals surface area contributed by atoms with E-state index in [2.05, 4.69) is 10.2 Å². The molecule has 1 aliphatic carbocycles. The van der Waals surface area contributed by atoms with Crippen LogP contribution in [0.2, 0.25) is 0 Å². The molecule has 72 valence electrons. The lowest BCUT2D eigenvalue weighted by molar-refractivity contribution is 0.711. The van der Waals surface area contributed by atoms with Gasteiger partial charge in [0, 0.05) is 11.3 Å². The molecule has 0 saturated heterocycles. The van der Waals surface area contributed by atoms with E-state index in [0.29, 0.717) is 5.25 Å². The third-order valence-electron chi connectivity index (χ3n) is 2.30. The molecule has 1 fully saturated rings. The van der Waals surface area contributed by atoms with Gasteiger partial charge in [-0.25, -0.2) is 4.68 Å². The summed E-state index contributed by atoms with van der Waals surface area (Å²) in [5, 5.41) is 8.83. The van der Waals surface area contributed by atoms with E-state index in [-0.39, 0.29) is 6.04 Å². The van der Waals surface area contributed by atoms with Gasteiger partial charge in [-0.15, -0.1) is 10.2 Å². The molecule has 0 aliphatic heterocycles. The molecule has 2 rings (SSSR count). The molecule has 0 aromatic carbocycles. The van der Waals surface area contributed by atoms with E-state index in [4.69, 9.17) is 11.6 Å². The van der Waals surface area contributed by atoms with Crippen LogP contribution in [0.5, 0.6) is 0 Å². The van der Waals surface area contributed by atoms with Crippen molar-refractivity contribution in [2.45, 2.75) is 35.7 Å². The van der Waals surface area contributed by atoms with E-state index >= 15 is 0 Å². The van der Waals surface area contributed by atoms with E-state index in [0.717, 1.165) is 18.0 Å². The van der Waals surface area contributed by atoms with Crippen LogP contribution in [0.3, 0.4) is 0 Å². The second kappa shape index (κ2) is 3.55. The molecular weight excluding hydrogens is 186 g/mol. The zero-order valence-corrected chi connectivity index (χ0v) is 8.07. The van der Waals surface area contributed by atoms with Gasteiger partial charge in [-0.05, 0) is 12.8 Å². The summed E-state index contributed by atoms with van der Waals surface area (Å²) >= 11 is 1.63. The Labute approximate surface area is 80.9 Å². The number of hydrogen-bond acceptors (Lipinski definition) is 5. The lowest BCUT2D eigenvalue weighted by Gasteiger charge is -2.12. The highest BCUT2D eigenvalue weighted by Gasteiger charge is 2.26. The Morgan fingerprint density at radius 2 is 2.38 bits per heavy atom. The molecular formula is C7H13N5S. The largest absolute Gasteiger partial charge is 0.336 e. The lowest BCUT2D eigenvalue weighted by Crippen LogP contribution is -2.27. The van der Waals surface area contributed by atoms with Crippen molar-refractivity contribution in [3.05, 3.63) is 6.33 Å². The van der Waals surface area contributed by atoms with Crippen molar-refractivity contribution in [1.29, 1.82) is 0 Å². The molecule has 1 heterocycles. The number of nitrogens with zero attached hydrogens (tertiary/aromatic N) is 3. The Kier molecular flexibility index (Phi) is 2.41. The highest BCUT2D eigenvalue weighted by molar-refractivity contribution is 7.99. The first-order valence-electron chi connectivity index (χ1n) is 4.34. The van der Waals surface area contributed by atoms with Crippen molar-refractivity contribution < 1.29 is 0 Å². The van der Waals surface area contributed by atoms with Crippen LogP contribution in [-0.4, -0.2) is 26.2 Å². The van der Waals surface area contributed by atoms with E-state index in [1.54, 1.807) is 11.8 Å². The Hall–Kier alpha value is -0.750. The maximum Gasteiger partial charge on any atom is 0.209 e. The molecule has 1 saturated carbocycles. The molecule has 0 amide bonds. The summed E-state index contributed by atoms with van der Waals surface area (Å²) in [5.74, 6) is 5.59. The third-order valence-corrected chi connectivity index (χ3v) is 3.69. The van der Waals surface area contributed by atoms with Gasteiger partial charge in [-0.3, -0.25) is 0 Å². The number of nitrogens with two attached hydrogens (primary N) is 2. The van der Waals surface area contributed by atoms with Gasteiger partial charge in [0.25, 0.3) is 0 Å². The standard InChI is InChI=1S/C7H13N5S/c8-5-2-1-3-6(5)13-7-11-10-4-12(7)9/h4-6H,1-3,8-9H2. The fraction of sp³-hybridized carbons (Fsp3) is 0.714. The van der Waals surface area contributed by atoms with Gasteiger partial charge in [-0.1, -0.05) is 18.2 Å². The molecule has 4 N–H and O–H groups in total. The summed E-state index contributed by atoms with van der Waals surface area (Å²) in [7, 11) is 0. The van der Waals surface area contributed by atoms with Crippen molar-refractivity contribution in [2.24, 2.45) is 5.73 Å². The summed E-state index contributed by atoms with van der Waals surface area (Å²) in [6.45, 7) is 0. The monoisotopic (exact) mass is 199 g/mol. The number of aromatic nitrogens is 3. The fourth-order valence-corrected chi connectivity index (χ4v) is 2.68. The van der Waals surface area contributed by atoms with Gasteiger partial charge in [-0.2, -0.15) is 0 Å². The first kappa shape index (κ1) is 8.83. The van der Waals surface area contributed by atoms with Gasteiger partial charge >= 0.3 is 0 Å². The average molecular weight is 199 g/mol. The third kappa shape index (κ3) is 1.78. The predicted octanol–water partition coefficient (Wildman–Crippen LogP) is -0.0362. The summed E-state index contributed by atoms with van der Waals surface area (Å²) in [6.07, 6.45) is 4.97. The Morgan fingerprint density at radius 3 is 2.92 bits per heavy atom. The molecule has 0 bridgehead atoms. The van der Waals surface area contributed by atoms with Crippen LogP contribution in [0.4, 0.5) is 0 Å². The Bertz CT molecular complexity index is 286. The minimum atomic E-state index is 0.279. The molecule has 0 spiro atoms. The number of thioether (sulfide) groups is 1. The summed E-state index contributed by atoms with van der Waals surface area (Å²) in [5.41, 5.74) is 5.93. The molecule has 5 nitrogen and oxygen atoms in total. The van der Waals surface area contributed by atoms with Crippen molar-refractivity contribution in [2.75, 3.05) is 5.84 Å². The summed E-state index contributed by atoms with van der Waals surface area (Å²) in [4.78, 5) is 0. The SMILES string of the molecule is NC1CCCC1Sc1nncn1N. The fourth-order valence-electron chi connectivity index (χ4n) is 1.55. The van der Waals surface area contributed by atoms with Gasteiger partial charge in [0.15, 0.2) is 0 Å². The highest BCUT2D eigenvalue weighted by atomic mass is 32.2. The minimum absolute atomic E-state index is 0.279. The Morgan fingerprint density at radius 1 is 1.54 bits per heavy atom. The average Bonchev–Trinajstić information content (AvgIpc) is 2.65. The minimum Gasteiger partial charge on any atom is -0.336 e. The van der Waals surface area contributed by atoms with Gasteiger partial charge in [0.1, 0.15) is 6.33 Å². The first-order chi connectivity index (χ1) is 6.27. The van der Waals surface area contributed by atoms with Crippen LogP contribution in [0.25, 0.3) is 0 Å². The molecule has 13 heavy (non-hydrogen) atoms. The van der Waals surface area contributed by atoms with Gasteiger partial charge in [0.05, 0.1) is 0 Å². The molecule has 2 unspecified atom stereocenters. The van der Waals surface area contributed by atoms with Crippen LogP contribution >= 0.6 is 11.8 Å². The van der Waals surface area contributed by atoms with E-state index < -0.39 is 0 Å². The summed E-state index contributed by atoms with van der Waals surface area (Å²) < 4.78 is 1.44. The van der Waals surface area contributed by atoms with E-state index in [1.165, 1.54) is 17.4 Å². The maximum absolute atomic E-state index is 5.93. The topological polar surface area (TPSA) is 82.8 Å². The van der Waals surface area contributed by atoms with Crippen molar-refractivity contribution in [3.63, 3.8) is 0 Å². The summed E-state index contributed by atoms with van der Waals surface area (Å²) in [6, 6.07) is 0.279. The number of nitrogen functional groups attached to an aromatic ring is 1. The van der Waals surface area contributed by atoms with Gasteiger partial charge in [0.2, 0.25) is 5.16 Å². The van der Waals surface area contributed by atoms with Gasteiger partial charge < -0.3 is 11.6 Å². The zero-order chi connectivity index (χ0) is 9.26. The second-order valence-electron chi connectivity index (χ2n) is 3.27. The maximum atomic E-state index is 5.93. The molecule has 1 aromatic rings. The van der Waals surface area contributed by atoms with Crippen LogP contribution in [0.15, 0.2) is 11.5 Å². The highest BCUT2D eigenvalue weighted by Crippen LogP contribution is 2.32. The zero-order valence-electron chi connectivity index (χ0n) is 7.26. The van der Waals surface area contributed by atoms with E-state index in [1.807, 2.05) is 0 Å². The molecule has 0 radical (unpaired) electrons. The smallest absolute Gasteiger partial charge is 0.209 e. The van der Waals surface area contributed by atoms with E-state index in [9.17, 15) is 0 Å². The second-order valence-corrected chi connectivity index (χ2v) is 4.48. The first-order valence-corrected chi connectivity index (χ1v) is 5.22. The quantitative estimate of drug-likeness (QED) is 0.653. The Balaban J connectivity index is 2.01. The molecule has 6 heteroatoms. The number of hydrogen-bond donors (Lipinski definition) is 2. The molecule has 1 aromatic heterocycles. The lowest BCUT2D eigenvalue weighted by atomic mass is 10.3. The van der Waals surface area contributed by atoms with Crippen LogP contribution in [-0.2, 0) is 0 Å². The normalized spacial score (nSPS) is 28.1. The van der Waals surface area contributed by atoms with Crippen LogP contribution < -0.4 is 11.6 Å². The van der Waals surface area contributed by atoms with Crippen molar-refractivity contribution in [1.82, 2.24) is 14.9 Å².